The smallest absolute Gasteiger partial charge is 0.744 e. The van der Waals surface area contributed by atoms with Gasteiger partial charge < -0.3 is 15.5 Å². The molecule has 0 aliphatic carbocycles. The minimum Gasteiger partial charge on any atom is -0.744 e. The summed E-state index contributed by atoms with van der Waals surface area (Å²) < 4.78 is 30.8. The van der Waals surface area contributed by atoms with Gasteiger partial charge in [-0.25, -0.2) is 8.42 Å². The van der Waals surface area contributed by atoms with Crippen LogP contribution in [0.2, 0.25) is 0 Å². The monoisotopic (exact) mass is 300 g/mol. The normalized spacial score (nSPS) is 8.69. The van der Waals surface area contributed by atoms with Crippen molar-refractivity contribution in [2.75, 3.05) is 0 Å². The molecule has 0 radical (unpaired) electrons. The number of benzene rings is 1. The van der Waals surface area contributed by atoms with Crippen LogP contribution in [0, 0.1) is 0 Å². The second kappa shape index (κ2) is 7.22. The van der Waals surface area contributed by atoms with Crippen molar-refractivity contribution < 1.29 is 46.3 Å². The van der Waals surface area contributed by atoms with E-state index in [0.29, 0.717) is 0 Å². The fraction of sp³-hybridized carbons (Fsp3) is 0. The Bertz CT molecular complexity index is 309. The summed E-state index contributed by atoms with van der Waals surface area (Å²) in [5.74, 6) is 0. The Labute approximate surface area is 91.7 Å². The van der Waals surface area contributed by atoms with Crippen LogP contribution in [0.15, 0.2) is 35.2 Å². The number of hydrogen-bond acceptors (Lipinski definition) is 3. The van der Waals surface area contributed by atoms with Gasteiger partial charge in [-0.2, -0.15) is 0 Å². The van der Waals surface area contributed by atoms with Crippen molar-refractivity contribution in [3.63, 3.8) is 0 Å². The zero-order chi connectivity index (χ0) is 7.61. The number of rotatable bonds is 1. The summed E-state index contributed by atoms with van der Waals surface area (Å²) in [5, 5.41) is 0. The van der Waals surface area contributed by atoms with E-state index >= 15 is 0 Å². The van der Waals surface area contributed by atoms with Crippen LogP contribution in [0.5, 0.6) is 0 Å². The van der Waals surface area contributed by atoms with Crippen LogP contribution >= 0.6 is 0 Å². The summed E-state index contributed by atoms with van der Waals surface area (Å²) in [7, 11) is -4.25. The molecule has 0 atom stereocenters. The van der Waals surface area contributed by atoms with Gasteiger partial charge in [-0.05, 0) is 12.1 Å². The van der Waals surface area contributed by atoms with E-state index in [-0.39, 0.29) is 38.2 Å². The third-order valence-electron chi connectivity index (χ3n) is 1.03. The van der Waals surface area contributed by atoms with Gasteiger partial charge in [0, 0.05) is 0 Å². The van der Waals surface area contributed by atoms with E-state index in [4.69, 9.17) is 0 Å². The molecule has 0 amide bonds. The van der Waals surface area contributed by atoms with E-state index in [9.17, 15) is 13.0 Å². The maximum absolute atomic E-state index is 10.3. The van der Waals surface area contributed by atoms with E-state index in [2.05, 4.69) is 0 Å². The third-order valence-corrected chi connectivity index (χ3v) is 1.88. The van der Waals surface area contributed by atoms with Gasteiger partial charge in [0.25, 0.3) is 0 Å². The molecule has 1 aromatic rings. The van der Waals surface area contributed by atoms with Gasteiger partial charge in [0.2, 0.25) is 0 Å². The van der Waals surface area contributed by atoms with Crippen LogP contribution in [-0.2, 0) is 32.5 Å². The molecule has 0 fully saturated rings. The zero-order valence-electron chi connectivity index (χ0n) is 6.32. The fourth-order valence-electron chi connectivity index (χ4n) is 0.587. The van der Waals surface area contributed by atoms with Crippen LogP contribution < -0.4 is 0 Å². The summed E-state index contributed by atoms with van der Waals surface area (Å²) in [6.07, 6.45) is 0. The Balaban J connectivity index is -0.000000333. The average molecular weight is 301 g/mol. The van der Waals surface area contributed by atoms with Gasteiger partial charge in [0.05, 0.1) is 4.90 Å². The molecule has 13 heavy (non-hydrogen) atoms. The molecule has 0 saturated heterocycles. The Hall–Kier alpha value is -0.210. The predicted octanol–water partition coefficient (Wildman–Crippen LogP) is -1.06. The Morgan fingerprint density at radius 1 is 1.00 bits per heavy atom. The summed E-state index contributed by atoms with van der Waals surface area (Å²) in [5.41, 5.74) is 0. The largest absolute Gasteiger partial charge is 1.00 e. The van der Waals surface area contributed by atoms with Crippen LogP contribution in [0.1, 0.15) is 0 Å². The van der Waals surface area contributed by atoms with Gasteiger partial charge in [0.15, 0.2) is 0 Å². The molecular formula is C6H9AgO5S. The van der Waals surface area contributed by atoms with Crippen molar-refractivity contribution in [1.29, 1.82) is 0 Å². The first-order valence-corrected chi connectivity index (χ1v) is 4.02. The Morgan fingerprint density at radius 3 is 1.62 bits per heavy atom. The SMILES string of the molecule is O.O.O=S(=O)([O-])c1ccccc1.[Ag+]. The summed E-state index contributed by atoms with van der Waals surface area (Å²) >= 11 is 0. The minimum absolute atomic E-state index is 0. The van der Waals surface area contributed by atoms with Crippen molar-refractivity contribution in [2.45, 2.75) is 4.90 Å². The van der Waals surface area contributed by atoms with Gasteiger partial charge in [0.1, 0.15) is 10.1 Å². The fourth-order valence-corrected chi connectivity index (χ4v) is 1.08. The molecule has 0 saturated carbocycles. The molecule has 1 aromatic carbocycles. The van der Waals surface area contributed by atoms with Gasteiger partial charge in [-0.3, -0.25) is 0 Å². The van der Waals surface area contributed by atoms with Gasteiger partial charge >= 0.3 is 22.4 Å². The maximum Gasteiger partial charge on any atom is 1.00 e. The molecule has 0 aliphatic rings. The molecule has 4 N–H and O–H groups in total. The van der Waals surface area contributed by atoms with Crippen molar-refractivity contribution in [3.8, 4) is 0 Å². The Morgan fingerprint density at radius 2 is 1.38 bits per heavy atom. The second-order valence-corrected chi connectivity index (χ2v) is 3.15. The Kier molecular flexibility index (Phi) is 10.3. The standard InChI is InChI=1S/C6H6O3S.Ag.2H2O/c7-10(8,9)6-4-2-1-3-5-6;;;/h1-5H,(H,7,8,9);;2*1H2/q;+1;;/p-1. The number of hydrogen-bond donors (Lipinski definition) is 0. The second-order valence-electron chi connectivity index (χ2n) is 1.77. The first kappa shape index (κ1) is 18.5. The van der Waals surface area contributed by atoms with Crippen molar-refractivity contribution in [3.05, 3.63) is 30.3 Å². The molecule has 80 valence electrons. The van der Waals surface area contributed by atoms with E-state index in [1.54, 1.807) is 6.07 Å². The predicted molar refractivity (Wildman–Crippen MR) is 41.6 cm³/mol. The average Bonchev–Trinajstić information content (AvgIpc) is 1.88. The van der Waals surface area contributed by atoms with E-state index < -0.39 is 10.1 Å². The zero-order valence-corrected chi connectivity index (χ0v) is 8.62. The first-order chi connectivity index (χ1) is 4.61. The third kappa shape index (κ3) is 5.94. The molecule has 0 unspecified atom stereocenters. The summed E-state index contributed by atoms with van der Waals surface area (Å²) in [6.45, 7) is 0. The first-order valence-electron chi connectivity index (χ1n) is 2.61. The van der Waals surface area contributed by atoms with Crippen LogP contribution in [0.25, 0.3) is 0 Å². The van der Waals surface area contributed by atoms with Crippen molar-refractivity contribution in [1.82, 2.24) is 0 Å². The van der Waals surface area contributed by atoms with Crippen LogP contribution in [0.3, 0.4) is 0 Å². The molecule has 0 bridgehead atoms. The van der Waals surface area contributed by atoms with E-state index in [1.807, 2.05) is 0 Å². The maximum atomic E-state index is 10.3. The van der Waals surface area contributed by atoms with E-state index in [0.717, 1.165) is 0 Å². The van der Waals surface area contributed by atoms with Gasteiger partial charge in [-0.15, -0.1) is 0 Å². The molecule has 0 aliphatic heterocycles. The van der Waals surface area contributed by atoms with Crippen LogP contribution in [0.4, 0.5) is 0 Å². The molecule has 1 rings (SSSR count). The van der Waals surface area contributed by atoms with Crippen LogP contribution in [-0.4, -0.2) is 23.9 Å². The molecular weight excluding hydrogens is 292 g/mol. The molecule has 0 aromatic heterocycles. The quantitative estimate of drug-likeness (QED) is 0.485. The van der Waals surface area contributed by atoms with Crippen molar-refractivity contribution >= 4 is 10.1 Å². The van der Waals surface area contributed by atoms with Crippen molar-refractivity contribution in [2.24, 2.45) is 0 Å². The molecule has 5 nitrogen and oxygen atoms in total. The summed E-state index contributed by atoms with van der Waals surface area (Å²) in [6, 6.07) is 7.19. The molecule has 7 heteroatoms. The topological polar surface area (TPSA) is 120 Å². The summed E-state index contributed by atoms with van der Waals surface area (Å²) in [4.78, 5) is -0.185. The molecule has 0 spiro atoms. The minimum atomic E-state index is -4.25. The van der Waals surface area contributed by atoms with E-state index in [1.165, 1.54) is 24.3 Å². The van der Waals surface area contributed by atoms with Gasteiger partial charge in [-0.1, -0.05) is 18.2 Å². The molecule has 0 heterocycles.